The van der Waals surface area contributed by atoms with Crippen LogP contribution in [0.5, 0.6) is 0 Å². The van der Waals surface area contributed by atoms with Gasteiger partial charge in [0.05, 0.1) is 18.4 Å². The predicted octanol–water partition coefficient (Wildman–Crippen LogP) is 0.634. The van der Waals surface area contributed by atoms with Crippen molar-refractivity contribution in [3.63, 3.8) is 0 Å². The summed E-state index contributed by atoms with van der Waals surface area (Å²) in [6, 6.07) is 9.79. The molecule has 124 valence electrons. The molecule has 1 fully saturated rings. The van der Waals surface area contributed by atoms with E-state index >= 15 is 0 Å². The lowest BCUT2D eigenvalue weighted by atomic mass is 10.2. The summed E-state index contributed by atoms with van der Waals surface area (Å²) in [4.78, 5) is 36.9. The first-order valence-electron chi connectivity index (χ1n) is 7.65. The number of imide groups is 1. The molecule has 3 rings (SSSR count). The summed E-state index contributed by atoms with van der Waals surface area (Å²) in [6.45, 7) is 1.92. The Morgan fingerprint density at radius 2 is 2.04 bits per heavy atom. The predicted molar refractivity (Wildman–Crippen MR) is 86.0 cm³/mol. The minimum atomic E-state index is -0.447. The molecule has 3 amide bonds. The molecular weight excluding hydrogens is 310 g/mol. The highest BCUT2D eigenvalue weighted by molar-refractivity contribution is 6.21. The molecule has 0 aliphatic carbocycles. The molecule has 0 saturated carbocycles. The van der Waals surface area contributed by atoms with E-state index in [4.69, 9.17) is 4.42 Å². The normalized spacial score (nSPS) is 17.4. The Bertz CT molecular complexity index is 753. The van der Waals surface area contributed by atoms with Crippen LogP contribution in [0.4, 0.5) is 11.4 Å². The van der Waals surface area contributed by atoms with Crippen LogP contribution in [0.2, 0.25) is 0 Å². The molecule has 7 heteroatoms. The number of anilines is 2. The van der Waals surface area contributed by atoms with Gasteiger partial charge in [0.2, 0.25) is 11.8 Å². The first kappa shape index (κ1) is 15.9. The maximum atomic E-state index is 12.5. The SMILES string of the molecule is CC(=O)Nc1ccc(N2C(=O)C[C@@H]([NH2+]Cc3ccco3)C2=O)cc1. The number of carbonyl (C=O) groups excluding carboxylic acids is 3. The number of hydrogen-bond acceptors (Lipinski definition) is 4. The van der Waals surface area contributed by atoms with E-state index in [1.54, 1.807) is 36.6 Å². The minimum absolute atomic E-state index is 0.160. The van der Waals surface area contributed by atoms with E-state index in [-0.39, 0.29) is 24.1 Å². The smallest absolute Gasteiger partial charge is 0.292 e. The molecule has 1 aromatic heterocycles. The lowest BCUT2D eigenvalue weighted by Gasteiger charge is -2.14. The van der Waals surface area contributed by atoms with E-state index < -0.39 is 6.04 Å². The highest BCUT2D eigenvalue weighted by Gasteiger charge is 2.42. The molecule has 1 aromatic carbocycles. The highest BCUT2D eigenvalue weighted by Crippen LogP contribution is 2.23. The van der Waals surface area contributed by atoms with Crippen molar-refractivity contribution in [1.29, 1.82) is 0 Å². The van der Waals surface area contributed by atoms with Crippen molar-refractivity contribution < 1.29 is 24.1 Å². The van der Waals surface area contributed by atoms with Crippen LogP contribution in [0.15, 0.2) is 47.1 Å². The van der Waals surface area contributed by atoms with Gasteiger partial charge < -0.3 is 15.1 Å². The van der Waals surface area contributed by atoms with E-state index in [1.165, 1.54) is 11.8 Å². The lowest BCUT2D eigenvalue weighted by Crippen LogP contribution is -2.90. The number of rotatable bonds is 5. The summed E-state index contributed by atoms with van der Waals surface area (Å²) < 4.78 is 5.24. The Morgan fingerprint density at radius 1 is 1.29 bits per heavy atom. The molecule has 0 radical (unpaired) electrons. The topological polar surface area (TPSA) is 96.2 Å². The maximum Gasteiger partial charge on any atom is 0.292 e. The Balaban J connectivity index is 1.68. The number of amides is 3. The summed E-state index contributed by atoms with van der Waals surface area (Å²) >= 11 is 0. The third-order valence-corrected chi connectivity index (χ3v) is 3.81. The van der Waals surface area contributed by atoms with Crippen molar-refractivity contribution in [3.05, 3.63) is 48.4 Å². The molecule has 7 nitrogen and oxygen atoms in total. The van der Waals surface area contributed by atoms with E-state index in [1.807, 2.05) is 11.4 Å². The molecule has 2 heterocycles. The van der Waals surface area contributed by atoms with Gasteiger partial charge in [0.15, 0.2) is 11.8 Å². The van der Waals surface area contributed by atoms with E-state index in [0.29, 0.717) is 17.9 Å². The summed E-state index contributed by atoms with van der Waals surface area (Å²) in [5.41, 5.74) is 1.12. The van der Waals surface area contributed by atoms with Crippen molar-refractivity contribution in [3.8, 4) is 0 Å². The van der Waals surface area contributed by atoms with Crippen LogP contribution in [0, 0.1) is 0 Å². The van der Waals surface area contributed by atoms with Gasteiger partial charge in [-0.3, -0.25) is 14.4 Å². The van der Waals surface area contributed by atoms with Crippen LogP contribution in [-0.4, -0.2) is 23.8 Å². The molecule has 24 heavy (non-hydrogen) atoms. The number of quaternary nitrogens is 1. The molecular formula is C17H18N3O4+. The Hall–Kier alpha value is -2.93. The Morgan fingerprint density at radius 3 is 2.67 bits per heavy atom. The second kappa shape index (κ2) is 6.67. The Labute approximate surface area is 138 Å². The standard InChI is InChI=1S/C17H17N3O4/c1-11(21)19-12-4-6-13(7-5-12)20-16(22)9-15(17(20)23)18-10-14-3-2-8-24-14/h2-8,15,18H,9-10H2,1H3,(H,19,21)/p+1/t15-/m1/s1. The number of furan rings is 1. The van der Waals surface area contributed by atoms with Gasteiger partial charge in [-0.1, -0.05) is 0 Å². The first-order valence-corrected chi connectivity index (χ1v) is 7.65. The summed E-state index contributed by atoms with van der Waals surface area (Å²) in [7, 11) is 0. The zero-order chi connectivity index (χ0) is 17.1. The zero-order valence-electron chi connectivity index (χ0n) is 13.2. The number of nitrogens with one attached hydrogen (secondary N) is 1. The molecule has 1 saturated heterocycles. The van der Waals surface area contributed by atoms with Crippen LogP contribution < -0.4 is 15.5 Å². The summed E-state index contributed by atoms with van der Waals surface area (Å²) in [5, 5.41) is 4.46. The van der Waals surface area contributed by atoms with E-state index in [2.05, 4.69) is 5.32 Å². The van der Waals surface area contributed by atoms with Gasteiger partial charge in [0.1, 0.15) is 6.54 Å². The summed E-state index contributed by atoms with van der Waals surface area (Å²) in [5.74, 6) is 0.115. The largest absolute Gasteiger partial charge is 0.463 e. The van der Waals surface area contributed by atoms with Crippen molar-refractivity contribution in [2.45, 2.75) is 25.9 Å². The number of nitrogens with zero attached hydrogens (tertiary/aromatic N) is 1. The molecule has 1 atom stereocenters. The molecule has 3 N–H and O–H groups in total. The van der Waals surface area contributed by atoms with Crippen LogP contribution in [0.25, 0.3) is 0 Å². The monoisotopic (exact) mass is 328 g/mol. The number of hydrogen-bond donors (Lipinski definition) is 2. The third-order valence-electron chi connectivity index (χ3n) is 3.81. The number of benzene rings is 1. The maximum absolute atomic E-state index is 12.5. The lowest BCUT2D eigenvalue weighted by molar-refractivity contribution is -0.691. The van der Waals surface area contributed by atoms with Gasteiger partial charge in [-0.2, -0.15) is 0 Å². The zero-order valence-corrected chi connectivity index (χ0v) is 13.2. The van der Waals surface area contributed by atoms with Gasteiger partial charge in [-0.25, -0.2) is 4.90 Å². The average Bonchev–Trinajstić information content (AvgIpc) is 3.14. The van der Waals surface area contributed by atoms with Crippen LogP contribution in [0.3, 0.4) is 0 Å². The molecule has 0 bridgehead atoms. The Kier molecular flexibility index (Phi) is 4.43. The fourth-order valence-electron chi connectivity index (χ4n) is 2.70. The minimum Gasteiger partial charge on any atom is -0.463 e. The van der Waals surface area contributed by atoms with Gasteiger partial charge in [0, 0.05) is 12.6 Å². The fraction of sp³-hybridized carbons (Fsp3) is 0.235. The molecule has 1 aliphatic rings. The van der Waals surface area contributed by atoms with E-state index in [9.17, 15) is 14.4 Å². The van der Waals surface area contributed by atoms with Gasteiger partial charge in [-0.15, -0.1) is 0 Å². The van der Waals surface area contributed by atoms with Crippen LogP contribution >= 0.6 is 0 Å². The molecule has 2 aromatic rings. The number of carbonyl (C=O) groups is 3. The first-order chi connectivity index (χ1) is 11.5. The van der Waals surface area contributed by atoms with Crippen LogP contribution in [-0.2, 0) is 20.9 Å². The molecule has 1 aliphatic heterocycles. The quantitative estimate of drug-likeness (QED) is 0.787. The van der Waals surface area contributed by atoms with Crippen LogP contribution in [0.1, 0.15) is 19.1 Å². The molecule has 0 unspecified atom stereocenters. The second-order valence-electron chi connectivity index (χ2n) is 5.63. The van der Waals surface area contributed by atoms with E-state index in [0.717, 1.165) is 5.76 Å². The van der Waals surface area contributed by atoms with Gasteiger partial charge in [-0.05, 0) is 36.4 Å². The van der Waals surface area contributed by atoms with Gasteiger partial charge in [0.25, 0.3) is 5.91 Å². The van der Waals surface area contributed by atoms with Crippen molar-refractivity contribution in [2.75, 3.05) is 10.2 Å². The van der Waals surface area contributed by atoms with Gasteiger partial charge >= 0.3 is 0 Å². The second-order valence-corrected chi connectivity index (χ2v) is 5.63. The van der Waals surface area contributed by atoms with Crippen molar-refractivity contribution in [2.24, 2.45) is 0 Å². The fourth-order valence-corrected chi connectivity index (χ4v) is 2.70. The number of nitrogens with two attached hydrogens (primary N) is 1. The molecule has 0 spiro atoms. The summed E-state index contributed by atoms with van der Waals surface area (Å²) in [6.07, 6.45) is 1.74. The average molecular weight is 328 g/mol. The third kappa shape index (κ3) is 3.36. The highest BCUT2D eigenvalue weighted by atomic mass is 16.3. The van der Waals surface area contributed by atoms with Crippen molar-refractivity contribution in [1.82, 2.24) is 0 Å². The van der Waals surface area contributed by atoms with Crippen molar-refractivity contribution >= 4 is 29.1 Å².